The standard InChI is InChI=1S/C17H20N2O5/c1-11-9-19(16(23)18-15(11)22)17(7-12-5-3-2-4-6-12)8-13(21)14(10-20)24-17/h2-6,9,13-14,20-21H,7-8,10H2,1H3,(H,18,22,23)/t13-,14+,17+/m0/s1. The van der Waals surface area contributed by atoms with Crippen molar-refractivity contribution >= 4 is 0 Å². The van der Waals surface area contributed by atoms with Gasteiger partial charge in [-0.15, -0.1) is 0 Å². The zero-order valence-corrected chi connectivity index (χ0v) is 13.3. The van der Waals surface area contributed by atoms with Crippen LogP contribution in [0.1, 0.15) is 17.5 Å². The second kappa shape index (κ2) is 6.35. The van der Waals surface area contributed by atoms with Gasteiger partial charge in [-0.05, 0) is 12.5 Å². The van der Waals surface area contributed by atoms with Crippen molar-refractivity contribution in [3.8, 4) is 0 Å². The Balaban J connectivity index is 2.11. The minimum absolute atomic E-state index is 0.137. The van der Waals surface area contributed by atoms with Crippen LogP contribution in [0, 0.1) is 6.92 Å². The molecular formula is C17H20N2O5. The van der Waals surface area contributed by atoms with Gasteiger partial charge >= 0.3 is 5.69 Å². The fourth-order valence-corrected chi connectivity index (χ4v) is 3.16. The van der Waals surface area contributed by atoms with Gasteiger partial charge in [0.2, 0.25) is 0 Å². The van der Waals surface area contributed by atoms with E-state index >= 15 is 0 Å². The summed E-state index contributed by atoms with van der Waals surface area (Å²) >= 11 is 0. The van der Waals surface area contributed by atoms with Crippen molar-refractivity contribution in [2.75, 3.05) is 6.61 Å². The van der Waals surface area contributed by atoms with E-state index < -0.39 is 29.2 Å². The van der Waals surface area contributed by atoms with Gasteiger partial charge in [0.1, 0.15) is 6.10 Å². The van der Waals surface area contributed by atoms with Gasteiger partial charge in [0, 0.05) is 24.6 Å². The smallest absolute Gasteiger partial charge is 0.330 e. The maximum atomic E-state index is 12.4. The van der Waals surface area contributed by atoms with Crippen LogP contribution in [0.3, 0.4) is 0 Å². The number of aryl methyl sites for hydroxylation is 1. The number of hydrogen-bond donors (Lipinski definition) is 3. The van der Waals surface area contributed by atoms with Crippen molar-refractivity contribution in [2.45, 2.75) is 37.7 Å². The molecule has 24 heavy (non-hydrogen) atoms. The molecule has 0 spiro atoms. The molecule has 1 aliphatic heterocycles. The van der Waals surface area contributed by atoms with Crippen molar-refractivity contribution in [2.24, 2.45) is 0 Å². The average molecular weight is 332 g/mol. The van der Waals surface area contributed by atoms with E-state index in [0.29, 0.717) is 12.0 Å². The van der Waals surface area contributed by atoms with E-state index in [-0.39, 0.29) is 13.0 Å². The Morgan fingerprint density at radius 1 is 1.33 bits per heavy atom. The lowest BCUT2D eigenvalue weighted by Gasteiger charge is -2.31. The van der Waals surface area contributed by atoms with Gasteiger partial charge in [-0.25, -0.2) is 4.79 Å². The quantitative estimate of drug-likeness (QED) is 0.724. The molecule has 1 aliphatic rings. The first kappa shape index (κ1) is 16.6. The number of H-pyrrole nitrogens is 1. The summed E-state index contributed by atoms with van der Waals surface area (Å²) in [5, 5.41) is 19.6. The van der Waals surface area contributed by atoms with E-state index in [1.165, 1.54) is 10.8 Å². The van der Waals surface area contributed by atoms with Gasteiger partial charge in [-0.2, -0.15) is 0 Å². The molecule has 3 atom stereocenters. The van der Waals surface area contributed by atoms with Crippen LogP contribution in [0.4, 0.5) is 0 Å². The summed E-state index contributed by atoms with van der Waals surface area (Å²) in [6, 6.07) is 9.42. The molecule has 7 heteroatoms. The number of hydrogen-bond acceptors (Lipinski definition) is 5. The maximum absolute atomic E-state index is 12.4. The Labute approximate surface area is 138 Å². The van der Waals surface area contributed by atoms with Gasteiger partial charge in [-0.1, -0.05) is 30.3 Å². The summed E-state index contributed by atoms with van der Waals surface area (Å²) in [6.07, 6.45) is 0.215. The number of nitrogens with one attached hydrogen (secondary N) is 1. The summed E-state index contributed by atoms with van der Waals surface area (Å²) in [4.78, 5) is 26.3. The SMILES string of the molecule is Cc1cn([C@@]2(Cc3ccccc3)C[C@H](O)[C@@H](CO)O2)c(=O)[nH]c1=O. The second-order valence-corrected chi connectivity index (χ2v) is 6.16. The summed E-state index contributed by atoms with van der Waals surface area (Å²) in [7, 11) is 0. The molecule has 0 bridgehead atoms. The molecule has 1 saturated heterocycles. The molecule has 0 unspecified atom stereocenters. The van der Waals surface area contributed by atoms with E-state index in [2.05, 4.69) is 4.98 Å². The van der Waals surface area contributed by atoms with Crippen molar-refractivity contribution < 1.29 is 14.9 Å². The third-order valence-electron chi connectivity index (χ3n) is 4.39. The summed E-state index contributed by atoms with van der Waals surface area (Å²) in [6.45, 7) is 1.24. The summed E-state index contributed by atoms with van der Waals surface area (Å²) in [5.74, 6) is 0. The lowest BCUT2D eigenvalue weighted by molar-refractivity contribution is -0.119. The molecule has 1 fully saturated rings. The summed E-state index contributed by atoms with van der Waals surface area (Å²) in [5.41, 5.74) is -0.942. The predicted octanol–water partition coefficient (Wildman–Crippen LogP) is -0.117. The van der Waals surface area contributed by atoms with Crippen LogP contribution in [0.5, 0.6) is 0 Å². The van der Waals surface area contributed by atoms with Gasteiger partial charge in [0.05, 0.1) is 12.7 Å². The van der Waals surface area contributed by atoms with E-state index in [9.17, 15) is 19.8 Å². The fourth-order valence-electron chi connectivity index (χ4n) is 3.16. The minimum Gasteiger partial charge on any atom is -0.394 e. The van der Waals surface area contributed by atoms with Crippen molar-refractivity contribution in [3.05, 3.63) is 68.5 Å². The highest BCUT2D eigenvalue weighted by molar-refractivity contribution is 5.18. The average Bonchev–Trinajstić information content (AvgIpc) is 2.88. The first-order chi connectivity index (χ1) is 11.4. The van der Waals surface area contributed by atoms with Crippen LogP contribution < -0.4 is 11.2 Å². The number of benzene rings is 1. The maximum Gasteiger partial charge on any atom is 0.330 e. The van der Waals surface area contributed by atoms with Crippen molar-refractivity contribution in [1.29, 1.82) is 0 Å². The molecular weight excluding hydrogens is 312 g/mol. The lowest BCUT2D eigenvalue weighted by Crippen LogP contribution is -2.46. The van der Waals surface area contributed by atoms with E-state index in [4.69, 9.17) is 4.74 Å². The molecule has 2 heterocycles. The van der Waals surface area contributed by atoms with Gasteiger partial charge in [-0.3, -0.25) is 14.3 Å². The van der Waals surface area contributed by atoms with E-state index in [1.807, 2.05) is 30.3 Å². The Hall–Kier alpha value is -2.22. The molecule has 3 N–H and O–H groups in total. The Morgan fingerprint density at radius 3 is 2.67 bits per heavy atom. The monoisotopic (exact) mass is 332 g/mol. The minimum atomic E-state index is -1.17. The molecule has 2 aromatic rings. The number of aliphatic hydroxyl groups excluding tert-OH is 2. The topological polar surface area (TPSA) is 105 Å². The highest BCUT2D eigenvalue weighted by Gasteiger charge is 2.47. The number of rotatable bonds is 4. The summed E-state index contributed by atoms with van der Waals surface area (Å²) < 4.78 is 7.23. The molecule has 0 amide bonds. The van der Waals surface area contributed by atoms with Gasteiger partial charge in [0.15, 0.2) is 5.72 Å². The van der Waals surface area contributed by atoms with E-state index in [0.717, 1.165) is 5.56 Å². The molecule has 1 aromatic heterocycles. The molecule has 0 aliphatic carbocycles. The van der Waals surface area contributed by atoms with E-state index in [1.54, 1.807) is 6.92 Å². The molecule has 0 radical (unpaired) electrons. The van der Waals surface area contributed by atoms with Crippen LogP contribution in [-0.4, -0.2) is 38.6 Å². The van der Waals surface area contributed by atoms with Crippen LogP contribution in [-0.2, 0) is 16.9 Å². The normalized spacial score (nSPS) is 26.6. The molecule has 0 saturated carbocycles. The lowest BCUT2D eigenvalue weighted by atomic mass is 9.97. The van der Waals surface area contributed by atoms with Crippen LogP contribution in [0.15, 0.2) is 46.1 Å². The molecule has 7 nitrogen and oxygen atoms in total. The predicted molar refractivity (Wildman–Crippen MR) is 86.8 cm³/mol. The first-order valence-corrected chi connectivity index (χ1v) is 7.79. The Kier molecular flexibility index (Phi) is 4.40. The third kappa shape index (κ3) is 2.93. The highest BCUT2D eigenvalue weighted by atomic mass is 16.6. The zero-order chi connectivity index (χ0) is 17.3. The third-order valence-corrected chi connectivity index (χ3v) is 4.39. The van der Waals surface area contributed by atoms with Crippen LogP contribution in [0.2, 0.25) is 0 Å². The Bertz CT molecular complexity index is 829. The number of nitrogens with zero attached hydrogens (tertiary/aromatic N) is 1. The van der Waals surface area contributed by atoms with Crippen LogP contribution in [0.25, 0.3) is 0 Å². The number of ether oxygens (including phenoxy) is 1. The Morgan fingerprint density at radius 2 is 2.04 bits per heavy atom. The van der Waals surface area contributed by atoms with Crippen molar-refractivity contribution in [1.82, 2.24) is 9.55 Å². The number of aromatic nitrogens is 2. The fraction of sp³-hybridized carbons (Fsp3) is 0.412. The van der Waals surface area contributed by atoms with Crippen molar-refractivity contribution in [3.63, 3.8) is 0 Å². The molecule has 1 aromatic carbocycles. The number of aliphatic hydroxyl groups is 2. The zero-order valence-electron chi connectivity index (χ0n) is 13.3. The first-order valence-electron chi connectivity index (χ1n) is 7.79. The highest BCUT2D eigenvalue weighted by Crippen LogP contribution is 2.37. The van der Waals surface area contributed by atoms with Gasteiger partial charge < -0.3 is 14.9 Å². The number of aromatic amines is 1. The largest absolute Gasteiger partial charge is 0.394 e. The van der Waals surface area contributed by atoms with Crippen LogP contribution >= 0.6 is 0 Å². The second-order valence-electron chi connectivity index (χ2n) is 6.16. The van der Waals surface area contributed by atoms with Gasteiger partial charge in [0.25, 0.3) is 5.56 Å². The molecule has 3 rings (SSSR count). The molecule has 128 valence electrons.